The van der Waals surface area contributed by atoms with Crippen LogP contribution in [0.15, 0.2) is 6.33 Å². The first-order valence-corrected chi connectivity index (χ1v) is 14.3. The number of hydrogen-bond donors (Lipinski definition) is 6. The fourth-order valence-corrected chi connectivity index (χ4v) is 8.10. The summed E-state index contributed by atoms with van der Waals surface area (Å²) in [7, 11) is 0. The molecule has 7 N–H and O–H groups in total. The largest absolute Gasteiger partial charge is 0.480 e. The highest BCUT2D eigenvalue weighted by molar-refractivity contribution is 8.00. The number of nitrogens with zero attached hydrogens (tertiary/aromatic N) is 6. The second-order valence-corrected chi connectivity index (χ2v) is 12.5. The van der Waals surface area contributed by atoms with Crippen LogP contribution in [0.25, 0.3) is 0 Å². The van der Waals surface area contributed by atoms with E-state index in [1.807, 2.05) is 6.92 Å². The SMILES string of the molecule is CC(NC(=O)Cn1cnnn1)[C@H]1C(=O)N2C(C(=O)O)C(SC3CNC(C(=O)NC(=N)N4CCC(N)C4)C3)C(C)[C@H]12. The molecule has 5 rings (SSSR count). The van der Waals surface area contributed by atoms with E-state index in [-0.39, 0.29) is 58.7 Å². The molecular formula is C23H35N11O5S. The van der Waals surface area contributed by atoms with Crippen LogP contribution < -0.4 is 21.7 Å². The molecule has 4 fully saturated rings. The van der Waals surface area contributed by atoms with Gasteiger partial charge in [-0.15, -0.1) is 5.10 Å². The Morgan fingerprint density at radius 3 is 2.80 bits per heavy atom. The van der Waals surface area contributed by atoms with Gasteiger partial charge in [0.2, 0.25) is 17.7 Å². The first-order valence-electron chi connectivity index (χ1n) is 13.4. The lowest BCUT2D eigenvalue weighted by Gasteiger charge is -2.48. The van der Waals surface area contributed by atoms with Gasteiger partial charge in [0.05, 0.1) is 12.0 Å². The van der Waals surface area contributed by atoms with Crippen molar-refractivity contribution in [2.24, 2.45) is 17.6 Å². The van der Waals surface area contributed by atoms with E-state index in [0.29, 0.717) is 26.1 Å². The zero-order chi connectivity index (χ0) is 28.7. The Morgan fingerprint density at radius 2 is 2.15 bits per heavy atom. The molecule has 9 atom stereocenters. The first kappa shape index (κ1) is 28.2. The minimum absolute atomic E-state index is 0.00725. The molecule has 0 saturated carbocycles. The summed E-state index contributed by atoms with van der Waals surface area (Å²) in [6, 6.07) is -2.32. The van der Waals surface area contributed by atoms with Crippen molar-refractivity contribution in [1.82, 2.24) is 46.0 Å². The topological polar surface area (TPSA) is 225 Å². The van der Waals surface area contributed by atoms with E-state index in [9.17, 15) is 24.3 Å². The van der Waals surface area contributed by atoms with Gasteiger partial charge in [0.15, 0.2) is 5.96 Å². The van der Waals surface area contributed by atoms with Crippen LogP contribution in [0.2, 0.25) is 0 Å². The van der Waals surface area contributed by atoms with Crippen LogP contribution in [0, 0.1) is 17.2 Å². The number of aromatic nitrogens is 4. The lowest BCUT2D eigenvalue weighted by Crippen LogP contribution is -2.68. The Balaban J connectivity index is 1.18. The predicted molar refractivity (Wildman–Crippen MR) is 142 cm³/mol. The molecule has 5 heterocycles. The van der Waals surface area contributed by atoms with E-state index < -0.39 is 30.0 Å². The Bertz CT molecular complexity index is 1170. The van der Waals surface area contributed by atoms with Crippen LogP contribution in [0.1, 0.15) is 26.7 Å². The zero-order valence-electron chi connectivity index (χ0n) is 22.3. The first-order chi connectivity index (χ1) is 19.0. The zero-order valence-corrected chi connectivity index (χ0v) is 23.1. The molecule has 17 heteroatoms. The number of carboxylic acid groups (broad SMARTS) is 1. The Labute approximate surface area is 234 Å². The van der Waals surface area contributed by atoms with Gasteiger partial charge in [0.25, 0.3) is 0 Å². The third-order valence-corrected chi connectivity index (χ3v) is 10.1. The maximum absolute atomic E-state index is 13.2. The molecule has 0 aliphatic carbocycles. The van der Waals surface area contributed by atoms with Gasteiger partial charge in [-0.3, -0.25) is 25.1 Å². The number of carboxylic acids is 1. The highest BCUT2D eigenvalue weighted by atomic mass is 32.2. The summed E-state index contributed by atoms with van der Waals surface area (Å²) in [6.07, 6.45) is 2.57. The number of nitrogens with one attached hydrogen (secondary N) is 4. The van der Waals surface area contributed by atoms with Gasteiger partial charge in [0.1, 0.15) is 18.9 Å². The summed E-state index contributed by atoms with van der Waals surface area (Å²) < 4.78 is 1.27. The van der Waals surface area contributed by atoms with Gasteiger partial charge in [-0.25, -0.2) is 9.48 Å². The number of fused-ring (bicyclic) bond motifs is 1. The van der Waals surface area contributed by atoms with Crippen molar-refractivity contribution in [2.45, 2.75) is 73.9 Å². The number of guanidine groups is 1. The van der Waals surface area contributed by atoms with Gasteiger partial charge in [-0.05, 0) is 36.1 Å². The maximum atomic E-state index is 13.2. The van der Waals surface area contributed by atoms with Crippen LogP contribution >= 0.6 is 11.8 Å². The van der Waals surface area contributed by atoms with Crippen LogP contribution in [-0.2, 0) is 25.7 Å². The second-order valence-electron chi connectivity index (χ2n) is 11.0. The number of β-lactam (4-membered cyclic amide) rings is 1. The number of likely N-dealkylation sites (tertiary alicyclic amines) is 1. The lowest BCUT2D eigenvalue weighted by atomic mass is 9.78. The normalized spacial score (nSPS) is 33.8. The number of carbonyl (C=O) groups is 4. The lowest BCUT2D eigenvalue weighted by molar-refractivity contribution is -0.166. The molecule has 1 aromatic heterocycles. The molecule has 0 bridgehead atoms. The smallest absolute Gasteiger partial charge is 0.327 e. The van der Waals surface area contributed by atoms with E-state index in [4.69, 9.17) is 11.1 Å². The number of hydrogen-bond acceptors (Lipinski definition) is 11. The van der Waals surface area contributed by atoms with E-state index in [2.05, 4.69) is 31.5 Å². The summed E-state index contributed by atoms with van der Waals surface area (Å²) >= 11 is 1.49. The molecule has 3 amide bonds. The molecule has 4 aliphatic rings. The predicted octanol–water partition coefficient (Wildman–Crippen LogP) is -2.98. The highest BCUT2D eigenvalue weighted by Crippen LogP contribution is 2.50. The van der Waals surface area contributed by atoms with Gasteiger partial charge >= 0.3 is 5.97 Å². The fourth-order valence-electron chi connectivity index (χ4n) is 6.36. The summed E-state index contributed by atoms with van der Waals surface area (Å²) in [4.78, 5) is 53.9. The van der Waals surface area contributed by atoms with Crippen LogP contribution in [0.5, 0.6) is 0 Å². The summed E-state index contributed by atoms with van der Waals surface area (Å²) in [5.41, 5.74) is 5.90. The molecule has 1 aromatic rings. The van der Waals surface area contributed by atoms with Crippen molar-refractivity contribution >= 4 is 41.4 Å². The third kappa shape index (κ3) is 5.36. The van der Waals surface area contributed by atoms with Gasteiger partial charge < -0.3 is 31.3 Å². The van der Waals surface area contributed by atoms with Crippen molar-refractivity contribution in [3.05, 3.63) is 6.33 Å². The fraction of sp³-hybridized carbons (Fsp3) is 0.739. The molecule has 40 heavy (non-hydrogen) atoms. The van der Waals surface area contributed by atoms with E-state index >= 15 is 0 Å². The highest BCUT2D eigenvalue weighted by Gasteiger charge is 2.65. The maximum Gasteiger partial charge on any atom is 0.327 e. The van der Waals surface area contributed by atoms with Crippen molar-refractivity contribution in [3.63, 3.8) is 0 Å². The number of carbonyl (C=O) groups excluding carboxylic acids is 3. The molecule has 16 nitrogen and oxygen atoms in total. The molecule has 0 radical (unpaired) electrons. The molecular weight excluding hydrogens is 542 g/mol. The van der Waals surface area contributed by atoms with Gasteiger partial charge in [0, 0.05) is 48.3 Å². The number of amides is 3. The average Bonchev–Trinajstić information content (AvgIpc) is 3.68. The number of aliphatic carboxylic acids is 1. The second kappa shape index (κ2) is 11.3. The van der Waals surface area contributed by atoms with Crippen LogP contribution in [0.4, 0.5) is 0 Å². The van der Waals surface area contributed by atoms with Gasteiger partial charge in [-0.2, -0.15) is 11.8 Å². The molecule has 0 aromatic carbocycles. The summed E-state index contributed by atoms with van der Waals surface area (Å²) in [5, 5.41) is 37.2. The van der Waals surface area contributed by atoms with Crippen molar-refractivity contribution < 1.29 is 24.3 Å². The van der Waals surface area contributed by atoms with Crippen molar-refractivity contribution in [1.29, 1.82) is 5.41 Å². The third-order valence-electron chi connectivity index (χ3n) is 8.31. The van der Waals surface area contributed by atoms with E-state index in [0.717, 1.165) is 6.42 Å². The molecule has 4 aliphatic heterocycles. The van der Waals surface area contributed by atoms with Gasteiger partial charge in [-0.1, -0.05) is 6.92 Å². The average molecular weight is 578 g/mol. The monoisotopic (exact) mass is 577 g/mol. The van der Waals surface area contributed by atoms with E-state index in [1.165, 1.54) is 27.7 Å². The number of rotatable bonds is 8. The Morgan fingerprint density at radius 1 is 1.38 bits per heavy atom. The summed E-state index contributed by atoms with van der Waals surface area (Å²) in [6.45, 7) is 5.27. The quantitative estimate of drug-likeness (QED) is 0.103. The Hall–Kier alpha value is -3.31. The summed E-state index contributed by atoms with van der Waals surface area (Å²) in [5.74, 6) is -2.64. The minimum Gasteiger partial charge on any atom is -0.480 e. The number of tetrazole rings is 1. The molecule has 218 valence electrons. The molecule has 0 spiro atoms. The van der Waals surface area contributed by atoms with Crippen molar-refractivity contribution in [3.8, 4) is 0 Å². The standard InChI is InChI=1S/C23H35N11O5S/c1-10-17-16(11(2)28-15(35)8-33-9-27-30-31-33)21(37)34(17)18(22(38)39)19(10)40-13-5-14(26-6-13)20(36)29-23(25)32-4-3-12(24)7-32/h9-14,16-19,26H,3-8,24H2,1-2H3,(H,28,35)(H,38,39)(H2,25,29,36)/t10?,11?,12?,13?,14?,16-,17-,18?,19?/m1/s1. The van der Waals surface area contributed by atoms with Crippen molar-refractivity contribution in [2.75, 3.05) is 19.6 Å². The van der Waals surface area contributed by atoms with Crippen LogP contribution in [-0.4, -0.2) is 125 Å². The number of nitrogens with two attached hydrogens (primary N) is 1. The minimum atomic E-state index is -1.06. The molecule has 7 unspecified atom stereocenters. The van der Waals surface area contributed by atoms with Crippen LogP contribution in [0.3, 0.4) is 0 Å². The molecule has 4 saturated heterocycles. The number of thioether (sulfide) groups is 1. The van der Waals surface area contributed by atoms with E-state index in [1.54, 1.807) is 11.8 Å². The Kier molecular flexibility index (Phi) is 7.96.